The zero-order valence-electron chi connectivity index (χ0n) is 16.5. The van der Waals surface area contributed by atoms with Gasteiger partial charge in [-0.1, -0.05) is 38.8 Å². The molecule has 142 valence electrons. The van der Waals surface area contributed by atoms with E-state index in [0.29, 0.717) is 18.3 Å². The molecule has 4 rings (SSSR count). The summed E-state index contributed by atoms with van der Waals surface area (Å²) in [4.78, 5) is 14.4. The number of hydrogen-bond acceptors (Lipinski definition) is 2. The molecule has 2 heterocycles. The van der Waals surface area contributed by atoms with Crippen molar-refractivity contribution >= 4 is 11.6 Å². The zero-order chi connectivity index (χ0) is 18.1. The van der Waals surface area contributed by atoms with Crippen LogP contribution in [0, 0.1) is 11.8 Å². The van der Waals surface area contributed by atoms with Crippen LogP contribution in [-0.4, -0.2) is 29.9 Å². The van der Waals surface area contributed by atoms with Crippen molar-refractivity contribution in [2.24, 2.45) is 11.8 Å². The lowest BCUT2D eigenvalue weighted by Gasteiger charge is -2.43. The van der Waals surface area contributed by atoms with Crippen molar-refractivity contribution in [2.45, 2.75) is 77.2 Å². The van der Waals surface area contributed by atoms with E-state index in [-0.39, 0.29) is 5.91 Å². The third kappa shape index (κ3) is 3.69. The van der Waals surface area contributed by atoms with Gasteiger partial charge in [-0.15, -0.1) is 0 Å². The van der Waals surface area contributed by atoms with Gasteiger partial charge in [-0.3, -0.25) is 4.79 Å². The van der Waals surface area contributed by atoms with Crippen LogP contribution in [0.1, 0.15) is 75.8 Å². The van der Waals surface area contributed by atoms with Gasteiger partial charge < -0.3 is 10.2 Å². The summed E-state index contributed by atoms with van der Waals surface area (Å²) in [5.74, 6) is 2.47. The van der Waals surface area contributed by atoms with E-state index in [1.165, 1.54) is 69.2 Å². The second-order valence-electron chi connectivity index (χ2n) is 8.97. The minimum absolute atomic E-state index is 0.138. The first-order chi connectivity index (χ1) is 12.6. The van der Waals surface area contributed by atoms with Crippen molar-refractivity contribution < 1.29 is 4.79 Å². The fraction of sp³-hybridized carbons (Fsp3) is 0.696. The monoisotopic (exact) mass is 354 g/mol. The number of carbonyl (C=O) groups excluding carboxylic acids is 1. The molecule has 1 aromatic carbocycles. The summed E-state index contributed by atoms with van der Waals surface area (Å²) in [5, 5.41) is 2.95. The molecule has 1 aliphatic carbocycles. The molecule has 26 heavy (non-hydrogen) atoms. The van der Waals surface area contributed by atoms with E-state index in [2.05, 4.69) is 42.3 Å². The van der Waals surface area contributed by atoms with Gasteiger partial charge in [0.2, 0.25) is 5.91 Å². The fourth-order valence-corrected chi connectivity index (χ4v) is 5.69. The van der Waals surface area contributed by atoms with E-state index in [1.54, 1.807) is 0 Å². The summed E-state index contributed by atoms with van der Waals surface area (Å²) in [5.41, 5.74) is 3.66. The Morgan fingerprint density at radius 1 is 1.15 bits per heavy atom. The normalized spacial score (nSPS) is 32.3. The molecule has 0 radical (unpaired) electrons. The van der Waals surface area contributed by atoms with Crippen molar-refractivity contribution in [3.63, 3.8) is 0 Å². The molecule has 2 unspecified atom stereocenters. The van der Waals surface area contributed by atoms with Gasteiger partial charge in [0.05, 0.1) is 6.42 Å². The summed E-state index contributed by atoms with van der Waals surface area (Å²) in [6, 6.07) is 7.48. The third-order valence-electron chi connectivity index (χ3n) is 7.15. The predicted octanol–water partition coefficient (Wildman–Crippen LogP) is 4.97. The Labute approximate surface area is 158 Å². The van der Waals surface area contributed by atoms with Crippen molar-refractivity contribution in [2.75, 3.05) is 18.4 Å². The molecule has 3 nitrogen and oxygen atoms in total. The fourth-order valence-electron chi connectivity index (χ4n) is 5.69. The Bertz CT molecular complexity index is 648. The number of piperidine rings is 1. The maximum absolute atomic E-state index is 11.6. The number of carbonyl (C=O) groups is 1. The maximum Gasteiger partial charge on any atom is 0.228 e. The molecule has 2 atom stereocenters. The Kier molecular flexibility index (Phi) is 5.35. The molecule has 2 aliphatic heterocycles. The van der Waals surface area contributed by atoms with Gasteiger partial charge in [-0.2, -0.15) is 0 Å². The second kappa shape index (κ2) is 7.72. The van der Waals surface area contributed by atoms with Crippen LogP contribution in [0.2, 0.25) is 0 Å². The number of fused-ring (bicyclic) bond motifs is 1. The van der Waals surface area contributed by atoms with Crippen LogP contribution >= 0.6 is 0 Å². The lowest BCUT2D eigenvalue weighted by Crippen LogP contribution is -2.45. The van der Waals surface area contributed by atoms with Crippen LogP contribution in [0.25, 0.3) is 0 Å². The van der Waals surface area contributed by atoms with E-state index in [4.69, 9.17) is 0 Å². The van der Waals surface area contributed by atoms with Gasteiger partial charge in [-0.25, -0.2) is 0 Å². The van der Waals surface area contributed by atoms with Gasteiger partial charge in [0.15, 0.2) is 0 Å². The van der Waals surface area contributed by atoms with Crippen LogP contribution in [0.5, 0.6) is 0 Å². The molecule has 0 bridgehead atoms. The van der Waals surface area contributed by atoms with Gasteiger partial charge in [-0.05, 0) is 73.6 Å². The molecule has 1 saturated heterocycles. The Morgan fingerprint density at radius 3 is 2.69 bits per heavy atom. The number of nitrogens with one attached hydrogen (secondary N) is 1. The van der Waals surface area contributed by atoms with Gasteiger partial charge >= 0.3 is 0 Å². The van der Waals surface area contributed by atoms with Crippen LogP contribution in [0.4, 0.5) is 5.69 Å². The quantitative estimate of drug-likeness (QED) is 0.828. The number of rotatable bonds is 4. The maximum atomic E-state index is 11.6. The number of anilines is 1. The lowest BCUT2D eigenvalue weighted by molar-refractivity contribution is -0.115. The molecule has 0 aromatic heterocycles. The first-order valence-electron chi connectivity index (χ1n) is 10.8. The highest BCUT2D eigenvalue weighted by Crippen LogP contribution is 2.38. The average molecular weight is 355 g/mol. The highest BCUT2D eigenvalue weighted by molar-refractivity contribution is 5.99. The summed E-state index contributed by atoms with van der Waals surface area (Å²) in [6.45, 7) is 7.23. The Hall–Kier alpha value is -1.35. The van der Waals surface area contributed by atoms with E-state index < -0.39 is 0 Å². The molecule has 1 N–H and O–H groups in total. The third-order valence-corrected chi connectivity index (χ3v) is 7.15. The number of nitrogens with zero attached hydrogens (tertiary/aromatic N) is 1. The van der Waals surface area contributed by atoms with Gasteiger partial charge in [0, 0.05) is 18.3 Å². The topological polar surface area (TPSA) is 32.3 Å². The second-order valence-corrected chi connectivity index (χ2v) is 8.97. The summed E-state index contributed by atoms with van der Waals surface area (Å²) >= 11 is 0. The predicted molar refractivity (Wildman–Crippen MR) is 108 cm³/mol. The highest BCUT2D eigenvalue weighted by Gasteiger charge is 2.33. The molecule has 1 saturated carbocycles. The van der Waals surface area contributed by atoms with Crippen molar-refractivity contribution in [3.05, 3.63) is 29.3 Å². The van der Waals surface area contributed by atoms with E-state index in [0.717, 1.165) is 17.6 Å². The summed E-state index contributed by atoms with van der Waals surface area (Å²) in [6.07, 6.45) is 10.3. The Balaban J connectivity index is 1.36. The molecule has 3 aliphatic rings. The minimum atomic E-state index is 0.138. The van der Waals surface area contributed by atoms with Crippen LogP contribution < -0.4 is 5.32 Å². The molecule has 0 spiro atoms. The number of benzene rings is 1. The molecule has 3 heteroatoms. The smallest absolute Gasteiger partial charge is 0.228 e. The zero-order valence-corrected chi connectivity index (χ0v) is 16.5. The standard InChI is InChI=1S/C23H34N2O/c1-3-4-17-5-8-20(9-6-17)25-12-11-21(16(2)15-25)18-7-10-22-19(13-18)14-23(26)24-22/h7,10,13,16-17,20-21H,3-6,8-9,11-12,14-15H2,1-2H3,(H,24,26). The highest BCUT2D eigenvalue weighted by atomic mass is 16.1. The minimum Gasteiger partial charge on any atom is -0.326 e. The number of hydrogen-bond donors (Lipinski definition) is 1. The van der Waals surface area contributed by atoms with Crippen molar-refractivity contribution in [3.8, 4) is 0 Å². The van der Waals surface area contributed by atoms with E-state index in [1.807, 2.05) is 0 Å². The largest absolute Gasteiger partial charge is 0.326 e. The van der Waals surface area contributed by atoms with Crippen LogP contribution in [0.3, 0.4) is 0 Å². The van der Waals surface area contributed by atoms with Crippen LogP contribution in [0.15, 0.2) is 18.2 Å². The summed E-state index contributed by atoms with van der Waals surface area (Å²) in [7, 11) is 0. The molecular weight excluding hydrogens is 320 g/mol. The van der Waals surface area contributed by atoms with E-state index in [9.17, 15) is 4.79 Å². The molecule has 2 fully saturated rings. The summed E-state index contributed by atoms with van der Waals surface area (Å²) < 4.78 is 0. The molecule has 1 amide bonds. The molecule has 1 aromatic rings. The van der Waals surface area contributed by atoms with Crippen LogP contribution in [-0.2, 0) is 11.2 Å². The van der Waals surface area contributed by atoms with Gasteiger partial charge in [0.25, 0.3) is 0 Å². The number of likely N-dealkylation sites (tertiary alicyclic amines) is 1. The first-order valence-corrected chi connectivity index (χ1v) is 10.8. The SMILES string of the molecule is CCCC1CCC(N2CCC(c3ccc4c(c3)CC(=O)N4)C(C)C2)CC1. The lowest BCUT2D eigenvalue weighted by atomic mass is 9.78. The van der Waals surface area contributed by atoms with E-state index >= 15 is 0 Å². The Morgan fingerprint density at radius 2 is 1.96 bits per heavy atom. The number of amides is 1. The van der Waals surface area contributed by atoms with Gasteiger partial charge in [0.1, 0.15) is 0 Å². The first kappa shape index (κ1) is 18.0. The van der Waals surface area contributed by atoms with Crippen molar-refractivity contribution in [1.82, 2.24) is 4.90 Å². The van der Waals surface area contributed by atoms with Crippen molar-refractivity contribution in [1.29, 1.82) is 0 Å². The molecular formula is C23H34N2O. The average Bonchev–Trinajstić information content (AvgIpc) is 3.01.